The van der Waals surface area contributed by atoms with E-state index in [4.69, 9.17) is 14.9 Å². The molecule has 0 atom stereocenters. The zero-order chi connectivity index (χ0) is 9.26. The predicted molar refractivity (Wildman–Crippen MR) is 49.3 cm³/mol. The van der Waals surface area contributed by atoms with E-state index in [2.05, 4.69) is 6.92 Å². The fraction of sp³-hybridized carbons (Fsp3) is 0.600. The van der Waals surface area contributed by atoms with Crippen molar-refractivity contribution in [2.75, 3.05) is 6.61 Å². The summed E-state index contributed by atoms with van der Waals surface area (Å²) in [5, 5.41) is 0. The lowest BCUT2D eigenvalue weighted by Crippen LogP contribution is -2.10. The molecule has 0 radical (unpaired) electrons. The van der Waals surface area contributed by atoms with E-state index in [1.165, 1.54) is 11.1 Å². The van der Waals surface area contributed by atoms with Crippen molar-refractivity contribution in [2.24, 2.45) is 5.73 Å². The SMILES string of the molecule is CCc1oc2c(c1CN)CCOC2. The normalized spacial score (nSPS) is 15.8. The van der Waals surface area contributed by atoms with E-state index in [0.29, 0.717) is 13.2 Å². The number of ether oxygens (including phenoxy) is 1. The van der Waals surface area contributed by atoms with Gasteiger partial charge in [0.15, 0.2) is 0 Å². The summed E-state index contributed by atoms with van der Waals surface area (Å²) >= 11 is 0. The van der Waals surface area contributed by atoms with Gasteiger partial charge in [-0.15, -0.1) is 0 Å². The Morgan fingerprint density at radius 1 is 1.46 bits per heavy atom. The van der Waals surface area contributed by atoms with Gasteiger partial charge in [-0.2, -0.15) is 0 Å². The lowest BCUT2D eigenvalue weighted by Gasteiger charge is -2.11. The second-order valence-corrected chi connectivity index (χ2v) is 3.27. The van der Waals surface area contributed by atoms with Gasteiger partial charge in [0.05, 0.1) is 6.61 Å². The molecule has 2 N–H and O–H groups in total. The molecule has 0 saturated carbocycles. The maximum absolute atomic E-state index is 5.69. The van der Waals surface area contributed by atoms with Crippen LogP contribution in [0.15, 0.2) is 4.42 Å². The highest BCUT2D eigenvalue weighted by Crippen LogP contribution is 2.27. The van der Waals surface area contributed by atoms with Gasteiger partial charge in [0.25, 0.3) is 0 Å². The fourth-order valence-electron chi connectivity index (χ4n) is 1.88. The molecule has 0 unspecified atom stereocenters. The first-order valence-electron chi connectivity index (χ1n) is 4.77. The third-order valence-electron chi connectivity index (χ3n) is 2.54. The van der Waals surface area contributed by atoms with Crippen molar-refractivity contribution in [1.29, 1.82) is 0 Å². The van der Waals surface area contributed by atoms with Crippen LogP contribution < -0.4 is 5.73 Å². The third kappa shape index (κ3) is 1.38. The topological polar surface area (TPSA) is 48.4 Å². The highest BCUT2D eigenvalue weighted by atomic mass is 16.5. The number of furan rings is 1. The Morgan fingerprint density at radius 3 is 3.00 bits per heavy atom. The van der Waals surface area contributed by atoms with Crippen LogP contribution in [-0.2, 0) is 30.7 Å². The summed E-state index contributed by atoms with van der Waals surface area (Å²) in [6, 6.07) is 0. The quantitative estimate of drug-likeness (QED) is 0.749. The Labute approximate surface area is 77.9 Å². The summed E-state index contributed by atoms with van der Waals surface area (Å²) in [6.07, 6.45) is 1.87. The van der Waals surface area contributed by atoms with Crippen LogP contribution in [0.25, 0.3) is 0 Å². The Hall–Kier alpha value is -0.800. The van der Waals surface area contributed by atoms with Gasteiger partial charge in [-0.1, -0.05) is 6.92 Å². The van der Waals surface area contributed by atoms with Crippen molar-refractivity contribution in [3.05, 3.63) is 22.6 Å². The van der Waals surface area contributed by atoms with Gasteiger partial charge in [0, 0.05) is 24.1 Å². The van der Waals surface area contributed by atoms with Crippen molar-refractivity contribution in [1.82, 2.24) is 0 Å². The Bertz CT molecular complexity index is 294. The van der Waals surface area contributed by atoms with Gasteiger partial charge in [-0.05, 0) is 6.42 Å². The van der Waals surface area contributed by atoms with Crippen LogP contribution in [-0.4, -0.2) is 6.61 Å². The van der Waals surface area contributed by atoms with Crippen molar-refractivity contribution < 1.29 is 9.15 Å². The summed E-state index contributed by atoms with van der Waals surface area (Å²) in [5.41, 5.74) is 8.20. The second kappa shape index (κ2) is 3.52. The second-order valence-electron chi connectivity index (χ2n) is 3.27. The monoisotopic (exact) mass is 181 g/mol. The van der Waals surface area contributed by atoms with E-state index in [0.717, 1.165) is 31.0 Å². The van der Waals surface area contributed by atoms with E-state index in [1.807, 2.05) is 0 Å². The first-order valence-corrected chi connectivity index (χ1v) is 4.77. The zero-order valence-electron chi connectivity index (χ0n) is 7.93. The van der Waals surface area contributed by atoms with E-state index in [-0.39, 0.29) is 0 Å². The maximum Gasteiger partial charge on any atom is 0.133 e. The number of hydrogen-bond acceptors (Lipinski definition) is 3. The molecular formula is C10H15NO2. The highest BCUT2D eigenvalue weighted by Gasteiger charge is 2.20. The Kier molecular flexibility index (Phi) is 2.38. The highest BCUT2D eigenvalue weighted by molar-refractivity contribution is 5.34. The van der Waals surface area contributed by atoms with Crippen LogP contribution in [0.3, 0.4) is 0 Å². The van der Waals surface area contributed by atoms with Gasteiger partial charge < -0.3 is 14.9 Å². The van der Waals surface area contributed by atoms with Crippen LogP contribution in [0, 0.1) is 0 Å². The Balaban J connectivity index is 2.44. The van der Waals surface area contributed by atoms with Crippen LogP contribution in [0.2, 0.25) is 0 Å². The van der Waals surface area contributed by atoms with Gasteiger partial charge in [0.1, 0.15) is 18.1 Å². The first kappa shape index (κ1) is 8.78. The summed E-state index contributed by atoms with van der Waals surface area (Å²) in [7, 11) is 0. The maximum atomic E-state index is 5.69. The molecule has 2 rings (SSSR count). The van der Waals surface area contributed by atoms with Gasteiger partial charge >= 0.3 is 0 Å². The number of rotatable bonds is 2. The van der Waals surface area contributed by atoms with Gasteiger partial charge in [-0.3, -0.25) is 0 Å². The van der Waals surface area contributed by atoms with Crippen LogP contribution in [0.5, 0.6) is 0 Å². The number of fused-ring (bicyclic) bond motifs is 1. The summed E-state index contributed by atoms with van der Waals surface area (Å²) in [4.78, 5) is 0. The predicted octanol–water partition coefficient (Wildman–Crippen LogP) is 1.37. The van der Waals surface area contributed by atoms with Crippen LogP contribution in [0.4, 0.5) is 0 Å². The summed E-state index contributed by atoms with van der Waals surface area (Å²) in [5.74, 6) is 2.03. The number of hydrogen-bond donors (Lipinski definition) is 1. The standard InChI is InChI=1S/C10H15NO2/c1-2-9-8(5-11)7-3-4-12-6-10(7)13-9/h2-6,11H2,1H3. The minimum absolute atomic E-state index is 0.585. The molecule has 0 aliphatic carbocycles. The van der Waals surface area contributed by atoms with E-state index < -0.39 is 0 Å². The average molecular weight is 181 g/mol. The van der Waals surface area contributed by atoms with E-state index in [1.54, 1.807) is 0 Å². The zero-order valence-corrected chi connectivity index (χ0v) is 7.93. The van der Waals surface area contributed by atoms with Crippen molar-refractivity contribution in [3.8, 4) is 0 Å². The van der Waals surface area contributed by atoms with Crippen molar-refractivity contribution >= 4 is 0 Å². The molecule has 1 aliphatic heterocycles. The lowest BCUT2D eigenvalue weighted by molar-refractivity contribution is 0.0931. The third-order valence-corrected chi connectivity index (χ3v) is 2.54. The molecule has 72 valence electrons. The van der Waals surface area contributed by atoms with Crippen molar-refractivity contribution in [3.63, 3.8) is 0 Å². The minimum Gasteiger partial charge on any atom is -0.463 e. The molecule has 1 aliphatic rings. The molecule has 3 heteroatoms. The molecule has 1 aromatic heterocycles. The van der Waals surface area contributed by atoms with E-state index in [9.17, 15) is 0 Å². The molecule has 0 saturated heterocycles. The Morgan fingerprint density at radius 2 is 2.31 bits per heavy atom. The molecule has 2 heterocycles. The van der Waals surface area contributed by atoms with Gasteiger partial charge in [0.2, 0.25) is 0 Å². The number of aryl methyl sites for hydroxylation is 1. The molecule has 0 fully saturated rings. The van der Waals surface area contributed by atoms with Gasteiger partial charge in [-0.25, -0.2) is 0 Å². The molecule has 13 heavy (non-hydrogen) atoms. The number of nitrogens with two attached hydrogens (primary N) is 1. The lowest BCUT2D eigenvalue weighted by atomic mass is 10.0. The molecule has 1 aromatic rings. The molecule has 0 spiro atoms. The first-order chi connectivity index (χ1) is 6.36. The fourth-order valence-corrected chi connectivity index (χ4v) is 1.88. The summed E-state index contributed by atoms with van der Waals surface area (Å²) in [6.45, 7) is 4.08. The smallest absolute Gasteiger partial charge is 0.133 e. The van der Waals surface area contributed by atoms with E-state index >= 15 is 0 Å². The largest absolute Gasteiger partial charge is 0.463 e. The molecular weight excluding hydrogens is 166 g/mol. The summed E-state index contributed by atoms with van der Waals surface area (Å²) < 4.78 is 11.0. The van der Waals surface area contributed by atoms with Crippen LogP contribution >= 0.6 is 0 Å². The van der Waals surface area contributed by atoms with Crippen molar-refractivity contribution in [2.45, 2.75) is 32.9 Å². The van der Waals surface area contributed by atoms with Crippen LogP contribution in [0.1, 0.15) is 29.6 Å². The molecule has 0 bridgehead atoms. The molecule has 0 amide bonds. The minimum atomic E-state index is 0.585. The molecule has 3 nitrogen and oxygen atoms in total. The average Bonchev–Trinajstić information content (AvgIpc) is 2.55. The molecule has 0 aromatic carbocycles.